The van der Waals surface area contributed by atoms with Gasteiger partial charge >= 0.3 is 5.97 Å². The van der Waals surface area contributed by atoms with E-state index in [-0.39, 0.29) is 16.3 Å². The first-order valence-corrected chi connectivity index (χ1v) is 8.67. The average molecular weight is 322 g/mol. The van der Waals surface area contributed by atoms with Crippen LogP contribution in [0.1, 0.15) is 51.4 Å². The van der Waals surface area contributed by atoms with Gasteiger partial charge in [-0.3, -0.25) is 4.79 Å². The highest BCUT2D eigenvalue weighted by Crippen LogP contribution is 2.37. The first-order chi connectivity index (χ1) is 10.5. The number of nitrogens with zero attached hydrogens (tertiary/aromatic N) is 2. The molecule has 1 N–H and O–H groups in total. The van der Waals surface area contributed by atoms with Gasteiger partial charge in [0, 0.05) is 19.6 Å². The summed E-state index contributed by atoms with van der Waals surface area (Å²) in [5.74, 6) is -0.956. The summed E-state index contributed by atoms with van der Waals surface area (Å²) in [4.78, 5) is 29.1. The topological polar surface area (TPSA) is 60.9 Å². The van der Waals surface area contributed by atoms with Gasteiger partial charge in [0.1, 0.15) is 4.88 Å². The van der Waals surface area contributed by atoms with Gasteiger partial charge in [-0.15, -0.1) is 11.3 Å². The van der Waals surface area contributed by atoms with Crippen LogP contribution in [-0.2, 0) is 0 Å². The Morgan fingerprint density at radius 3 is 2.45 bits per heavy atom. The molecular formula is C16H22N2O3S. The Labute approximate surface area is 134 Å². The van der Waals surface area contributed by atoms with Crippen LogP contribution in [0, 0.1) is 0 Å². The van der Waals surface area contributed by atoms with Gasteiger partial charge in [0.2, 0.25) is 0 Å². The number of carboxylic acid groups (broad SMARTS) is 1. The zero-order chi connectivity index (χ0) is 15.7. The zero-order valence-corrected chi connectivity index (χ0v) is 13.7. The van der Waals surface area contributed by atoms with Gasteiger partial charge < -0.3 is 14.9 Å². The fourth-order valence-electron chi connectivity index (χ4n) is 3.83. The molecule has 1 saturated heterocycles. The molecule has 120 valence electrons. The van der Waals surface area contributed by atoms with Crippen molar-refractivity contribution in [1.82, 2.24) is 9.80 Å². The molecule has 1 saturated carbocycles. The van der Waals surface area contributed by atoms with Crippen molar-refractivity contribution in [1.29, 1.82) is 0 Å². The molecule has 1 aliphatic carbocycles. The van der Waals surface area contributed by atoms with Crippen molar-refractivity contribution in [2.24, 2.45) is 0 Å². The molecule has 0 bridgehead atoms. The van der Waals surface area contributed by atoms with Crippen LogP contribution in [0.4, 0.5) is 0 Å². The molecule has 2 heterocycles. The lowest BCUT2D eigenvalue weighted by Gasteiger charge is -2.52. The Morgan fingerprint density at radius 1 is 1.14 bits per heavy atom. The maximum atomic E-state index is 12.9. The second-order valence-electron chi connectivity index (χ2n) is 6.45. The number of hydrogen-bond acceptors (Lipinski definition) is 4. The zero-order valence-electron chi connectivity index (χ0n) is 12.9. The molecule has 2 aliphatic rings. The molecule has 0 unspecified atom stereocenters. The van der Waals surface area contributed by atoms with Crippen LogP contribution in [-0.4, -0.2) is 59.0 Å². The molecule has 22 heavy (non-hydrogen) atoms. The predicted octanol–water partition coefficient (Wildman–Crippen LogP) is 2.54. The summed E-state index contributed by atoms with van der Waals surface area (Å²) < 4.78 is 0. The van der Waals surface area contributed by atoms with Crippen LogP contribution in [0.5, 0.6) is 0 Å². The summed E-state index contributed by atoms with van der Waals surface area (Å²) in [6.45, 7) is 2.54. The molecule has 1 spiro atoms. The van der Waals surface area contributed by atoms with E-state index in [1.54, 1.807) is 6.07 Å². The van der Waals surface area contributed by atoms with Crippen molar-refractivity contribution in [3.63, 3.8) is 0 Å². The van der Waals surface area contributed by atoms with Gasteiger partial charge in [-0.25, -0.2) is 4.79 Å². The third-order valence-corrected chi connectivity index (χ3v) is 5.96. The number of aromatic carboxylic acids is 1. The fourth-order valence-corrected chi connectivity index (χ4v) is 4.62. The van der Waals surface area contributed by atoms with Crippen LogP contribution in [0.25, 0.3) is 0 Å². The van der Waals surface area contributed by atoms with Gasteiger partial charge in [0.15, 0.2) is 0 Å². The standard InChI is InChI=1S/C16H22N2O3S/c1-17-9-10-18(16(11-17)7-3-2-4-8-16)14(19)12-5-6-13(22-12)15(20)21/h5-6H,2-4,7-11H2,1H3,(H,20,21). The van der Waals surface area contributed by atoms with Gasteiger partial charge in [-0.1, -0.05) is 19.3 Å². The SMILES string of the molecule is CN1CCN(C(=O)c2ccc(C(=O)O)s2)C2(CCCCC2)C1. The summed E-state index contributed by atoms with van der Waals surface area (Å²) >= 11 is 1.09. The monoisotopic (exact) mass is 322 g/mol. The number of amides is 1. The highest BCUT2D eigenvalue weighted by atomic mass is 32.1. The van der Waals surface area contributed by atoms with Crippen LogP contribution < -0.4 is 0 Å². The number of likely N-dealkylation sites (N-methyl/N-ethyl adjacent to an activating group) is 1. The number of carbonyl (C=O) groups is 2. The van der Waals surface area contributed by atoms with Crippen molar-refractivity contribution in [2.75, 3.05) is 26.7 Å². The molecular weight excluding hydrogens is 300 g/mol. The van der Waals surface area contributed by atoms with Gasteiger partial charge in [0.05, 0.1) is 10.4 Å². The maximum Gasteiger partial charge on any atom is 0.345 e. The van der Waals surface area contributed by atoms with E-state index in [4.69, 9.17) is 5.11 Å². The lowest BCUT2D eigenvalue weighted by Crippen LogP contribution is -2.63. The van der Waals surface area contributed by atoms with E-state index in [0.29, 0.717) is 4.88 Å². The highest BCUT2D eigenvalue weighted by molar-refractivity contribution is 7.15. The maximum absolute atomic E-state index is 12.9. The summed E-state index contributed by atoms with van der Waals surface area (Å²) in [5, 5.41) is 9.05. The summed E-state index contributed by atoms with van der Waals surface area (Å²) in [5.41, 5.74) is -0.0598. The molecule has 1 aromatic heterocycles. The molecule has 3 rings (SSSR count). The van der Waals surface area contributed by atoms with E-state index in [1.165, 1.54) is 25.3 Å². The van der Waals surface area contributed by atoms with Crippen molar-refractivity contribution >= 4 is 23.2 Å². The third kappa shape index (κ3) is 2.77. The number of carbonyl (C=O) groups excluding carboxylic acids is 1. The number of rotatable bonds is 2. The third-order valence-electron chi connectivity index (χ3n) is 4.90. The number of piperazine rings is 1. The summed E-state index contributed by atoms with van der Waals surface area (Å²) in [6.07, 6.45) is 5.70. The van der Waals surface area contributed by atoms with Crippen LogP contribution >= 0.6 is 11.3 Å². The molecule has 0 aromatic carbocycles. The molecule has 5 nitrogen and oxygen atoms in total. The van der Waals surface area contributed by atoms with Crippen LogP contribution in [0.3, 0.4) is 0 Å². The summed E-state index contributed by atoms with van der Waals surface area (Å²) in [6, 6.07) is 3.19. The van der Waals surface area contributed by atoms with Crippen molar-refractivity contribution < 1.29 is 14.7 Å². The fraction of sp³-hybridized carbons (Fsp3) is 0.625. The Hall–Kier alpha value is -1.40. The smallest absolute Gasteiger partial charge is 0.345 e. The molecule has 2 fully saturated rings. The minimum atomic E-state index is -0.963. The molecule has 1 amide bonds. The van der Waals surface area contributed by atoms with E-state index in [9.17, 15) is 9.59 Å². The predicted molar refractivity (Wildman–Crippen MR) is 85.6 cm³/mol. The molecule has 6 heteroatoms. The Kier molecular flexibility index (Phi) is 4.23. The number of thiophene rings is 1. The van der Waals surface area contributed by atoms with Crippen molar-refractivity contribution in [2.45, 2.75) is 37.6 Å². The van der Waals surface area contributed by atoms with Gasteiger partial charge in [-0.2, -0.15) is 0 Å². The first kappa shape index (κ1) is 15.5. The number of hydrogen-bond donors (Lipinski definition) is 1. The van der Waals surface area contributed by atoms with E-state index < -0.39 is 5.97 Å². The van der Waals surface area contributed by atoms with E-state index in [0.717, 1.165) is 43.8 Å². The Balaban J connectivity index is 1.86. The molecule has 0 radical (unpaired) electrons. The Morgan fingerprint density at radius 2 is 1.82 bits per heavy atom. The van der Waals surface area contributed by atoms with E-state index in [1.807, 2.05) is 4.90 Å². The quantitative estimate of drug-likeness (QED) is 0.909. The second-order valence-corrected chi connectivity index (χ2v) is 7.53. The van der Waals surface area contributed by atoms with Crippen LogP contribution in [0.2, 0.25) is 0 Å². The molecule has 1 aromatic rings. The minimum absolute atomic E-state index is 0.00694. The first-order valence-electron chi connectivity index (χ1n) is 7.85. The largest absolute Gasteiger partial charge is 0.477 e. The molecule has 1 aliphatic heterocycles. The minimum Gasteiger partial charge on any atom is -0.477 e. The van der Waals surface area contributed by atoms with E-state index in [2.05, 4.69) is 11.9 Å². The lowest BCUT2D eigenvalue weighted by molar-refractivity contribution is -0.00745. The number of carboxylic acids is 1. The van der Waals surface area contributed by atoms with E-state index >= 15 is 0 Å². The average Bonchev–Trinajstić information content (AvgIpc) is 2.97. The molecule has 0 atom stereocenters. The van der Waals surface area contributed by atoms with Crippen molar-refractivity contribution in [3.8, 4) is 0 Å². The normalized spacial score (nSPS) is 22.0. The van der Waals surface area contributed by atoms with Gasteiger partial charge in [0.25, 0.3) is 5.91 Å². The van der Waals surface area contributed by atoms with Gasteiger partial charge in [-0.05, 0) is 32.0 Å². The van der Waals surface area contributed by atoms with Crippen LogP contribution in [0.15, 0.2) is 12.1 Å². The lowest BCUT2D eigenvalue weighted by atomic mass is 9.78. The van der Waals surface area contributed by atoms with Crippen molar-refractivity contribution in [3.05, 3.63) is 21.9 Å². The highest BCUT2D eigenvalue weighted by Gasteiger charge is 2.44. The summed E-state index contributed by atoms with van der Waals surface area (Å²) in [7, 11) is 2.12. The second kappa shape index (κ2) is 6.01. The Bertz CT molecular complexity index is 578.